The van der Waals surface area contributed by atoms with Crippen LogP contribution in [0, 0.1) is 20.2 Å². The summed E-state index contributed by atoms with van der Waals surface area (Å²) in [4.78, 5) is 55.2. The smallest absolute Gasteiger partial charge is 0.339 e. The van der Waals surface area contributed by atoms with Gasteiger partial charge in [-0.25, -0.2) is 4.79 Å². The molecule has 0 aliphatic rings. The SMILES string of the molecule is O=C(O)CC[C@@H](C(=O)OCc1ccccc1)n1cc([N+](=O)[O-])c(=O)c([N+](=O)[O-])c1. The summed E-state index contributed by atoms with van der Waals surface area (Å²) in [6.07, 6.45) is 0.441. The molecule has 0 aliphatic carbocycles. The van der Waals surface area contributed by atoms with Crippen molar-refractivity contribution in [3.8, 4) is 0 Å². The molecular weight excluding hydrogens is 390 g/mol. The number of hydrogen-bond donors (Lipinski definition) is 1. The number of aromatic nitrogens is 1. The van der Waals surface area contributed by atoms with Crippen LogP contribution in [0.15, 0.2) is 47.5 Å². The molecule has 1 atom stereocenters. The molecule has 0 spiro atoms. The number of carbonyl (C=O) groups excluding carboxylic acids is 1. The summed E-state index contributed by atoms with van der Waals surface area (Å²) in [6, 6.07) is 7.09. The molecule has 29 heavy (non-hydrogen) atoms. The number of rotatable bonds is 9. The highest BCUT2D eigenvalue weighted by molar-refractivity contribution is 5.76. The molecule has 0 bridgehead atoms. The van der Waals surface area contributed by atoms with Gasteiger partial charge >= 0.3 is 28.7 Å². The summed E-state index contributed by atoms with van der Waals surface area (Å²) in [7, 11) is 0. The summed E-state index contributed by atoms with van der Waals surface area (Å²) in [5, 5.41) is 31.1. The Morgan fingerprint density at radius 2 is 1.62 bits per heavy atom. The summed E-state index contributed by atoms with van der Waals surface area (Å²) in [6.45, 7) is -0.159. The first-order valence-electron chi connectivity index (χ1n) is 8.17. The number of carboxylic acid groups (broad SMARTS) is 1. The van der Waals surface area contributed by atoms with Gasteiger partial charge in [0.2, 0.25) is 0 Å². The van der Waals surface area contributed by atoms with Crippen molar-refractivity contribution in [2.45, 2.75) is 25.5 Å². The van der Waals surface area contributed by atoms with Crippen molar-refractivity contribution in [3.05, 3.63) is 78.7 Å². The number of benzene rings is 1. The molecule has 1 heterocycles. The highest BCUT2D eigenvalue weighted by atomic mass is 16.6. The zero-order valence-corrected chi connectivity index (χ0v) is 14.8. The summed E-state index contributed by atoms with van der Waals surface area (Å²) < 4.78 is 5.91. The van der Waals surface area contributed by atoms with E-state index in [4.69, 9.17) is 9.84 Å². The highest BCUT2D eigenvalue weighted by Gasteiger charge is 2.30. The first kappa shape index (κ1) is 21.2. The van der Waals surface area contributed by atoms with E-state index in [1.807, 2.05) is 0 Å². The van der Waals surface area contributed by atoms with E-state index in [0.717, 1.165) is 4.57 Å². The normalized spacial score (nSPS) is 11.4. The second-order valence-electron chi connectivity index (χ2n) is 5.86. The van der Waals surface area contributed by atoms with Crippen molar-refractivity contribution >= 4 is 23.3 Å². The Morgan fingerprint density at radius 1 is 1.07 bits per heavy atom. The Kier molecular flexibility index (Phi) is 6.74. The number of nitrogens with zero attached hydrogens (tertiary/aromatic N) is 3. The molecule has 0 fully saturated rings. The minimum atomic E-state index is -1.43. The topological polar surface area (TPSA) is 172 Å². The van der Waals surface area contributed by atoms with Gasteiger partial charge in [-0.2, -0.15) is 0 Å². The number of carboxylic acids is 1. The van der Waals surface area contributed by atoms with Crippen LogP contribution < -0.4 is 5.43 Å². The quantitative estimate of drug-likeness (QED) is 0.371. The third kappa shape index (κ3) is 5.45. The van der Waals surface area contributed by atoms with Crippen molar-refractivity contribution < 1.29 is 29.3 Å². The van der Waals surface area contributed by atoms with E-state index in [9.17, 15) is 34.6 Å². The van der Waals surface area contributed by atoms with E-state index in [0.29, 0.717) is 18.0 Å². The molecule has 2 aromatic rings. The van der Waals surface area contributed by atoms with E-state index in [1.165, 1.54) is 0 Å². The summed E-state index contributed by atoms with van der Waals surface area (Å²) in [5.41, 5.74) is -3.02. The van der Waals surface area contributed by atoms with Crippen molar-refractivity contribution in [2.24, 2.45) is 0 Å². The fourth-order valence-corrected chi connectivity index (χ4v) is 2.48. The van der Waals surface area contributed by atoms with E-state index in [2.05, 4.69) is 0 Å². The average molecular weight is 405 g/mol. The number of carbonyl (C=O) groups is 2. The lowest BCUT2D eigenvalue weighted by Crippen LogP contribution is -2.25. The predicted octanol–water partition coefficient (Wildman–Crippen LogP) is 1.81. The molecule has 0 unspecified atom stereocenters. The van der Waals surface area contributed by atoms with Crippen molar-refractivity contribution in [1.29, 1.82) is 0 Å². The van der Waals surface area contributed by atoms with Gasteiger partial charge in [0, 0.05) is 6.42 Å². The third-order valence-corrected chi connectivity index (χ3v) is 3.89. The van der Waals surface area contributed by atoms with Gasteiger partial charge in [-0.05, 0) is 12.0 Å². The number of esters is 1. The summed E-state index contributed by atoms with van der Waals surface area (Å²) in [5.74, 6) is -2.21. The Balaban J connectivity index is 2.41. The Hall–Kier alpha value is -4.09. The van der Waals surface area contributed by atoms with Crippen LogP contribution in [0.1, 0.15) is 24.4 Å². The minimum Gasteiger partial charge on any atom is -0.481 e. The van der Waals surface area contributed by atoms with Crippen LogP contribution in [-0.4, -0.2) is 31.5 Å². The van der Waals surface area contributed by atoms with Crippen LogP contribution in [0.3, 0.4) is 0 Å². The number of ether oxygens (including phenoxy) is 1. The first-order valence-corrected chi connectivity index (χ1v) is 8.17. The zero-order valence-electron chi connectivity index (χ0n) is 14.8. The second kappa shape index (κ2) is 9.21. The molecule has 2 rings (SSSR count). The predicted molar refractivity (Wildman–Crippen MR) is 96.2 cm³/mol. The fraction of sp³-hybridized carbons (Fsp3) is 0.235. The van der Waals surface area contributed by atoms with Gasteiger partial charge in [-0.3, -0.25) is 29.8 Å². The maximum absolute atomic E-state index is 12.5. The van der Waals surface area contributed by atoms with Crippen LogP contribution in [0.5, 0.6) is 0 Å². The van der Waals surface area contributed by atoms with Gasteiger partial charge in [0.25, 0.3) is 0 Å². The molecule has 12 nitrogen and oxygen atoms in total. The lowest BCUT2D eigenvalue weighted by Gasteiger charge is -2.18. The van der Waals surface area contributed by atoms with E-state index >= 15 is 0 Å². The monoisotopic (exact) mass is 405 g/mol. The van der Waals surface area contributed by atoms with Gasteiger partial charge in [-0.1, -0.05) is 30.3 Å². The van der Waals surface area contributed by atoms with Crippen LogP contribution >= 0.6 is 0 Å². The van der Waals surface area contributed by atoms with Gasteiger partial charge < -0.3 is 14.4 Å². The number of hydrogen-bond acceptors (Lipinski definition) is 8. The maximum atomic E-state index is 12.5. The Labute approximate surface area is 162 Å². The van der Waals surface area contributed by atoms with Crippen LogP contribution in [0.4, 0.5) is 11.4 Å². The molecule has 1 N–H and O–H groups in total. The lowest BCUT2D eigenvalue weighted by atomic mass is 10.1. The van der Waals surface area contributed by atoms with Crippen LogP contribution in [-0.2, 0) is 20.9 Å². The van der Waals surface area contributed by atoms with E-state index in [1.54, 1.807) is 30.3 Å². The third-order valence-electron chi connectivity index (χ3n) is 3.89. The minimum absolute atomic E-state index is 0.159. The van der Waals surface area contributed by atoms with Crippen molar-refractivity contribution in [1.82, 2.24) is 4.57 Å². The van der Waals surface area contributed by atoms with Crippen molar-refractivity contribution in [2.75, 3.05) is 0 Å². The number of aliphatic carboxylic acids is 1. The number of pyridine rings is 1. The summed E-state index contributed by atoms with van der Waals surface area (Å²) >= 11 is 0. The maximum Gasteiger partial charge on any atom is 0.339 e. The largest absolute Gasteiger partial charge is 0.481 e. The van der Waals surface area contributed by atoms with E-state index in [-0.39, 0.29) is 13.0 Å². The van der Waals surface area contributed by atoms with Gasteiger partial charge in [-0.15, -0.1) is 0 Å². The molecule has 152 valence electrons. The zero-order chi connectivity index (χ0) is 21.6. The molecule has 0 aliphatic heterocycles. The fourth-order valence-electron chi connectivity index (χ4n) is 2.48. The average Bonchev–Trinajstić information content (AvgIpc) is 2.67. The Morgan fingerprint density at radius 3 is 2.10 bits per heavy atom. The molecule has 0 radical (unpaired) electrons. The van der Waals surface area contributed by atoms with Gasteiger partial charge in [0.05, 0.1) is 22.2 Å². The molecule has 0 saturated heterocycles. The molecule has 1 aromatic heterocycles. The lowest BCUT2D eigenvalue weighted by molar-refractivity contribution is -0.397. The highest BCUT2D eigenvalue weighted by Crippen LogP contribution is 2.22. The molecule has 1 aromatic carbocycles. The van der Waals surface area contributed by atoms with Gasteiger partial charge in [0.15, 0.2) is 0 Å². The van der Waals surface area contributed by atoms with Crippen LogP contribution in [0.2, 0.25) is 0 Å². The van der Waals surface area contributed by atoms with Crippen LogP contribution in [0.25, 0.3) is 0 Å². The molecule has 0 amide bonds. The van der Waals surface area contributed by atoms with E-state index < -0.39 is 51.1 Å². The van der Waals surface area contributed by atoms with Gasteiger partial charge in [0.1, 0.15) is 12.6 Å². The standard InChI is InChI=1S/C17H15N3O9/c21-15(22)7-6-12(17(24)29-10-11-4-2-1-3-5-11)18-8-13(19(25)26)16(23)14(9-18)20(27)28/h1-5,8-9,12H,6-7,10H2,(H,21,22)/t12-/m0/s1. The van der Waals surface area contributed by atoms with Crippen molar-refractivity contribution in [3.63, 3.8) is 0 Å². The Bertz CT molecular complexity index is 963. The first-order chi connectivity index (χ1) is 13.7. The molecule has 12 heteroatoms. The molecular formula is C17H15N3O9. The second-order valence-corrected chi connectivity index (χ2v) is 5.86. The number of nitro groups is 2. The molecule has 0 saturated carbocycles.